The van der Waals surface area contributed by atoms with Gasteiger partial charge in [-0.1, -0.05) is 29.8 Å². The van der Waals surface area contributed by atoms with E-state index in [9.17, 15) is 0 Å². The second kappa shape index (κ2) is 8.70. The summed E-state index contributed by atoms with van der Waals surface area (Å²) in [6, 6.07) is 12.4. The lowest BCUT2D eigenvalue weighted by Gasteiger charge is -2.38. The zero-order chi connectivity index (χ0) is 17.5. The number of benzene rings is 1. The van der Waals surface area contributed by atoms with Crippen molar-refractivity contribution in [2.75, 3.05) is 26.8 Å². The maximum atomic E-state index is 6.24. The van der Waals surface area contributed by atoms with Gasteiger partial charge in [0.25, 0.3) is 0 Å². The van der Waals surface area contributed by atoms with Crippen LogP contribution in [-0.4, -0.2) is 32.8 Å². The summed E-state index contributed by atoms with van der Waals surface area (Å²) < 4.78 is 5.60. The number of rotatable bonds is 5. The molecule has 3 rings (SSSR count). The molecule has 1 aromatic carbocycles. The Morgan fingerprint density at radius 3 is 2.76 bits per heavy atom. The molecule has 0 aliphatic carbocycles. The smallest absolute Gasteiger partial charge is 0.191 e. The molecule has 2 aromatic rings. The lowest BCUT2D eigenvalue weighted by atomic mass is 9.74. The Balaban J connectivity index is 1.67. The van der Waals surface area contributed by atoms with Crippen LogP contribution in [0.25, 0.3) is 0 Å². The van der Waals surface area contributed by atoms with E-state index in [0.29, 0.717) is 0 Å². The van der Waals surface area contributed by atoms with E-state index in [1.165, 1.54) is 10.4 Å². The number of guanidine groups is 1. The monoisotopic (exact) mass is 377 g/mol. The van der Waals surface area contributed by atoms with Crippen LogP contribution in [0, 0.1) is 0 Å². The van der Waals surface area contributed by atoms with Crippen molar-refractivity contribution in [2.24, 2.45) is 4.99 Å². The van der Waals surface area contributed by atoms with Crippen LogP contribution in [0.2, 0.25) is 5.02 Å². The lowest BCUT2D eigenvalue weighted by Crippen LogP contribution is -2.47. The second-order valence-electron chi connectivity index (χ2n) is 6.26. The normalized spacial score (nSPS) is 17.3. The third kappa shape index (κ3) is 4.75. The molecule has 0 saturated carbocycles. The Hall–Kier alpha value is -1.56. The average Bonchev–Trinajstić information content (AvgIpc) is 3.16. The molecule has 0 unspecified atom stereocenters. The fourth-order valence-electron chi connectivity index (χ4n) is 3.21. The third-order valence-corrected chi connectivity index (χ3v) is 5.83. The Morgan fingerprint density at radius 1 is 1.24 bits per heavy atom. The quantitative estimate of drug-likeness (QED) is 0.615. The maximum absolute atomic E-state index is 6.24. The number of hydrogen-bond acceptors (Lipinski definition) is 3. The molecule has 1 aliphatic rings. The summed E-state index contributed by atoms with van der Waals surface area (Å²) >= 11 is 7.98. The van der Waals surface area contributed by atoms with Crippen LogP contribution in [0.5, 0.6) is 0 Å². The standard InChI is InChI=1S/C19H24ClN3OS/c1-21-18(22-13-17-6-3-11-25-17)23-14-19(7-9-24-10-8-19)15-4-2-5-16(20)12-15/h2-6,11-12H,7-10,13-14H2,1H3,(H2,21,22,23). The molecule has 0 radical (unpaired) electrons. The molecule has 1 fully saturated rings. The molecule has 25 heavy (non-hydrogen) atoms. The third-order valence-electron chi connectivity index (χ3n) is 4.71. The van der Waals surface area contributed by atoms with Crippen LogP contribution in [0.4, 0.5) is 0 Å². The molecule has 1 aromatic heterocycles. The van der Waals surface area contributed by atoms with Crippen molar-refractivity contribution >= 4 is 28.9 Å². The van der Waals surface area contributed by atoms with E-state index in [0.717, 1.165) is 50.1 Å². The summed E-state index contributed by atoms with van der Waals surface area (Å²) in [5.74, 6) is 0.821. The van der Waals surface area contributed by atoms with Gasteiger partial charge in [0.05, 0.1) is 6.54 Å². The van der Waals surface area contributed by atoms with Gasteiger partial charge in [0.2, 0.25) is 0 Å². The largest absolute Gasteiger partial charge is 0.381 e. The zero-order valence-corrected chi connectivity index (χ0v) is 16.0. The van der Waals surface area contributed by atoms with E-state index in [4.69, 9.17) is 16.3 Å². The highest BCUT2D eigenvalue weighted by Gasteiger charge is 2.34. The van der Waals surface area contributed by atoms with Crippen LogP contribution >= 0.6 is 22.9 Å². The van der Waals surface area contributed by atoms with Crippen molar-refractivity contribution < 1.29 is 4.74 Å². The highest BCUT2D eigenvalue weighted by molar-refractivity contribution is 7.09. The van der Waals surface area contributed by atoms with Gasteiger partial charge in [0, 0.05) is 42.1 Å². The predicted octanol–water partition coefficient (Wildman–Crippen LogP) is 3.81. The van der Waals surface area contributed by atoms with E-state index in [-0.39, 0.29) is 5.41 Å². The van der Waals surface area contributed by atoms with E-state index >= 15 is 0 Å². The first-order chi connectivity index (χ1) is 12.2. The van der Waals surface area contributed by atoms with Crippen LogP contribution in [-0.2, 0) is 16.7 Å². The molecule has 0 amide bonds. The van der Waals surface area contributed by atoms with Gasteiger partial charge in [-0.3, -0.25) is 4.99 Å². The van der Waals surface area contributed by atoms with Crippen molar-refractivity contribution in [3.63, 3.8) is 0 Å². The Labute approximate surface area is 158 Å². The van der Waals surface area contributed by atoms with Gasteiger partial charge >= 0.3 is 0 Å². The van der Waals surface area contributed by atoms with E-state index in [2.05, 4.69) is 45.3 Å². The molecular weight excluding hydrogens is 354 g/mol. The molecular formula is C19H24ClN3OS. The molecule has 2 N–H and O–H groups in total. The summed E-state index contributed by atoms with van der Waals surface area (Å²) in [6.07, 6.45) is 1.95. The summed E-state index contributed by atoms with van der Waals surface area (Å²) in [5.41, 5.74) is 1.29. The fourth-order valence-corrected chi connectivity index (χ4v) is 4.04. The number of halogens is 1. The van der Waals surface area contributed by atoms with Crippen molar-refractivity contribution in [1.82, 2.24) is 10.6 Å². The molecule has 4 nitrogen and oxygen atoms in total. The molecule has 1 saturated heterocycles. The highest BCUT2D eigenvalue weighted by atomic mass is 35.5. The molecule has 134 valence electrons. The number of ether oxygens (including phenoxy) is 1. The van der Waals surface area contributed by atoms with Gasteiger partial charge in [-0.2, -0.15) is 0 Å². The summed E-state index contributed by atoms with van der Waals surface area (Å²) in [7, 11) is 1.81. The first kappa shape index (κ1) is 18.2. The molecule has 6 heteroatoms. The molecule has 1 aliphatic heterocycles. The van der Waals surface area contributed by atoms with Gasteiger partial charge in [0.1, 0.15) is 0 Å². The van der Waals surface area contributed by atoms with Crippen molar-refractivity contribution in [3.05, 3.63) is 57.2 Å². The van der Waals surface area contributed by atoms with Crippen LogP contribution in [0.15, 0.2) is 46.8 Å². The van der Waals surface area contributed by atoms with Gasteiger partial charge in [-0.05, 0) is 42.0 Å². The number of hydrogen-bond donors (Lipinski definition) is 2. The van der Waals surface area contributed by atoms with Crippen molar-refractivity contribution in [3.8, 4) is 0 Å². The first-order valence-electron chi connectivity index (χ1n) is 8.53. The van der Waals surface area contributed by atoms with Crippen LogP contribution in [0.1, 0.15) is 23.3 Å². The number of aliphatic imine (C=N–C) groups is 1. The Morgan fingerprint density at radius 2 is 2.08 bits per heavy atom. The fraction of sp³-hybridized carbons (Fsp3) is 0.421. The molecule has 0 atom stereocenters. The predicted molar refractivity (Wildman–Crippen MR) is 106 cm³/mol. The number of thiophene rings is 1. The Kier molecular flexibility index (Phi) is 6.34. The lowest BCUT2D eigenvalue weighted by molar-refractivity contribution is 0.0514. The SMILES string of the molecule is CN=C(NCc1cccs1)NCC1(c2cccc(Cl)c2)CCOCC1. The van der Waals surface area contributed by atoms with Crippen LogP contribution in [0.3, 0.4) is 0 Å². The average molecular weight is 378 g/mol. The Bertz CT molecular complexity index is 696. The van der Waals surface area contributed by atoms with E-state index in [1.54, 1.807) is 18.4 Å². The van der Waals surface area contributed by atoms with E-state index in [1.807, 2.05) is 12.1 Å². The van der Waals surface area contributed by atoms with E-state index < -0.39 is 0 Å². The first-order valence-corrected chi connectivity index (χ1v) is 9.78. The molecule has 0 spiro atoms. The second-order valence-corrected chi connectivity index (χ2v) is 7.73. The molecule has 0 bridgehead atoms. The molecule has 2 heterocycles. The van der Waals surface area contributed by atoms with Gasteiger partial charge in [0.15, 0.2) is 5.96 Å². The van der Waals surface area contributed by atoms with Gasteiger partial charge in [-0.25, -0.2) is 0 Å². The highest BCUT2D eigenvalue weighted by Crippen LogP contribution is 2.35. The van der Waals surface area contributed by atoms with Crippen LogP contribution < -0.4 is 10.6 Å². The van der Waals surface area contributed by atoms with Gasteiger partial charge in [-0.15, -0.1) is 11.3 Å². The zero-order valence-electron chi connectivity index (χ0n) is 14.4. The topological polar surface area (TPSA) is 45.7 Å². The minimum absolute atomic E-state index is 0.0176. The minimum atomic E-state index is 0.0176. The summed E-state index contributed by atoms with van der Waals surface area (Å²) in [5, 5.41) is 9.76. The summed E-state index contributed by atoms with van der Waals surface area (Å²) in [4.78, 5) is 5.65. The van der Waals surface area contributed by atoms with Crippen molar-refractivity contribution in [2.45, 2.75) is 24.8 Å². The maximum Gasteiger partial charge on any atom is 0.191 e. The van der Waals surface area contributed by atoms with Gasteiger partial charge < -0.3 is 15.4 Å². The minimum Gasteiger partial charge on any atom is -0.381 e. The van der Waals surface area contributed by atoms with Crippen molar-refractivity contribution in [1.29, 1.82) is 0 Å². The number of nitrogens with zero attached hydrogens (tertiary/aromatic N) is 1. The summed E-state index contributed by atoms with van der Waals surface area (Å²) in [6.45, 7) is 3.14. The number of nitrogens with one attached hydrogen (secondary N) is 2.